The summed E-state index contributed by atoms with van der Waals surface area (Å²) in [4.78, 5) is 68.6. The molecule has 1 aliphatic carbocycles. The number of hydrogen-bond acceptors (Lipinski definition) is 16. The summed E-state index contributed by atoms with van der Waals surface area (Å²) in [6, 6.07) is 22.5. The zero-order valence-corrected chi connectivity index (χ0v) is 56.9. The zero-order valence-electron chi connectivity index (χ0n) is 54.5. The van der Waals surface area contributed by atoms with Crippen molar-refractivity contribution in [2.45, 2.75) is 174 Å². The molecule has 6 atom stereocenters. The number of nitrogens with one attached hydrogen (secondary N) is 2. The van der Waals surface area contributed by atoms with E-state index in [-0.39, 0.29) is 50.5 Å². The van der Waals surface area contributed by atoms with Crippen molar-refractivity contribution in [1.82, 2.24) is 35.2 Å². The Morgan fingerprint density at radius 1 is 0.923 bits per heavy atom. The van der Waals surface area contributed by atoms with E-state index in [1.807, 2.05) is 70.0 Å². The van der Waals surface area contributed by atoms with Gasteiger partial charge in [-0.1, -0.05) is 80.6 Å². The lowest BCUT2D eigenvalue weighted by Crippen LogP contribution is -2.61. The van der Waals surface area contributed by atoms with Gasteiger partial charge >= 0.3 is 25.3 Å². The number of fused-ring (bicyclic) bond motifs is 6. The van der Waals surface area contributed by atoms with Crippen LogP contribution in [-0.2, 0) is 60.3 Å². The molecule has 3 fully saturated rings. The fourth-order valence-electron chi connectivity index (χ4n) is 13.2. The molecule has 5 aliphatic rings. The van der Waals surface area contributed by atoms with E-state index in [2.05, 4.69) is 112 Å². The summed E-state index contributed by atoms with van der Waals surface area (Å²) >= 11 is 4.70. The highest BCUT2D eigenvalue weighted by Crippen LogP contribution is 2.47. The smallest absolute Gasteiger partial charge is 0.464 e. The van der Waals surface area contributed by atoms with Crippen LogP contribution in [0.2, 0.25) is 0 Å². The van der Waals surface area contributed by atoms with Gasteiger partial charge in [0, 0.05) is 66.2 Å². The lowest BCUT2D eigenvalue weighted by molar-refractivity contribution is -0.156. The maximum Gasteiger partial charge on any atom is 0.494 e. The molecule has 7 heterocycles. The molecule has 3 amide bonds. The number of aryl methyl sites for hydroxylation is 1. The van der Waals surface area contributed by atoms with Crippen molar-refractivity contribution in [3.63, 3.8) is 0 Å². The summed E-state index contributed by atoms with van der Waals surface area (Å²) in [6.45, 7) is 25.5. The second kappa shape index (κ2) is 26.5. The molecule has 11 rings (SSSR count). The van der Waals surface area contributed by atoms with Gasteiger partial charge in [0.15, 0.2) is 0 Å². The highest BCUT2D eigenvalue weighted by atomic mass is 79.9. The van der Waals surface area contributed by atoms with Crippen LogP contribution in [-0.4, -0.2) is 143 Å². The van der Waals surface area contributed by atoms with Crippen molar-refractivity contribution in [3.8, 4) is 22.4 Å². The van der Waals surface area contributed by atoms with Crippen molar-refractivity contribution in [3.05, 3.63) is 128 Å². The van der Waals surface area contributed by atoms with Gasteiger partial charge in [0.1, 0.15) is 40.0 Å². The van der Waals surface area contributed by atoms with Crippen molar-refractivity contribution < 1.29 is 56.9 Å². The molecule has 4 aliphatic heterocycles. The highest BCUT2D eigenvalue weighted by molar-refractivity contribution is 9.10. The number of benzene rings is 3. The van der Waals surface area contributed by atoms with E-state index in [1.165, 1.54) is 27.5 Å². The van der Waals surface area contributed by atoms with Crippen LogP contribution in [0.5, 0.6) is 0 Å². The van der Waals surface area contributed by atoms with Crippen molar-refractivity contribution in [1.29, 1.82) is 0 Å². The van der Waals surface area contributed by atoms with E-state index in [9.17, 15) is 19.2 Å². The van der Waals surface area contributed by atoms with Gasteiger partial charge in [-0.3, -0.25) is 24.5 Å². The predicted octanol–water partition coefficient (Wildman–Crippen LogP) is 12.0. The fourth-order valence-corrected chi connectivity index (χ4v) is 14.5. The average molecular weight is 1330 g/mol. The van der Waals surface area contributed by atoms with Crippen LogP contribution in [0.1, 0.15) is 153 Å². The number of amides is 3. The normalized spacial score (nSPS) is 20.6. The fraction of sp³-hybridized carbons (Fsp3) is 0.507. The molecule has 19 nitrogen and oxygen atoms in total. The third-order valence-corrected chi connectivity index (χ3v) is 20.0. The Kier molecular flexibility index (Phi) is 19.2. The highest BCUT2D eigenvalue weighted by Gasteiger charge is 2.52. The molecule has 0 saturated carbocycles. The van der Waals surface area contributed by atoms with Gasteiger partial charge in [-0.05, 0) is 167 Å². The number of pyridine rings is 1. The van der Waals surface area contributed by atoms with E-state index in [1.54, 1.807) is 40.2 Å². The molecule has 6 aromatic rings. The maximum atomic E-state index is 14.7. The van der Waals surface area contributed by atoms with Gasteiger partial charge in [0.2, 0.25) is 0 Å². The lowest BCUT2D eigenvalue weighted by atomic mass is 9.77. The number of ether oxygens (including phenoxy) is 6. The Labute approximate surface area is 546 Å². The molecular weight excluding hydrogens is 1240 g/mol. The number of nitrogens with zero attached hydrogens (tertiary/aromatic N) is 5. The van der Waals surface area contributed by atoms with Crippen LogP contribution < -0.4 is 16.2 Å². The molecule has 22 heteroatoms. The topological polar surface area (TPSA) is 203 Å². The summed E-state index contributed by atoms with van der Waals surface area (Å²) in [5, 5.41) is 7.37. The molecule has 484 valence electrons. The Bertz CT molecular complexity index is 3690. The summed E-state index contributed by atoms with van der Waals surface area (Å²) in [7, 11) is 1.05. The molecule has 2 bridgehead atoms. The van der Waals surface area contributed by atoms with Gasteiger partial charge < -0.3 is 47.6 Å². The van der Waals surface area contributed by atoms with E-state index in [0.29, 0.717) is 55.1 Å². The number of rotatable bonds is 19. The maximum absolute atomic E-state index is 14.7. The first kappa shape index (κ1) is 66.0. The number of hydrazine groups is 1. The monoisotopic (exact) mass is 1330 g/mol. The minimum Gasteiger partial charge on any atom is -0.464 e. The third kappa shape index (κ3) is 13.7. The van der Waals surface area contributed by atoms with Crippen molar-refractivity contribution in [2.24, 2.45) is 5.41 Å². The van der Waals surface area contributed by atoms with Gasteiger partial charge in [-0.25, -0.2) is 20.0 Å². The van der Waals surface area contributed by atoms with Crippen LogP contribution in [0.4, 0.5) is 9.59 Å². The second-order valence-electron chi connectivity index (χ2n) is 27.1. The van der Waals surface area contributed by atoms with Crippen LogP contribution in [0, 0.1) is 5.41 Å². The Morgan fingerprint density at radius 2 is 1.63 bits per heavy atom. The number of halogens is 1. The van der Waals surface area contributed by atoms with E-state index in [0.717, 1.165) is 61.1 Å². The van der Waals surface area contributed by atoms with Gasteiger partial charge in [0.05, 0.1) is 60.6 Å². The summed E-state index contributed by atoms with van der Waals surface area (Å²) in [6.07, 6.45) is 3.36. The number of hydrogen-bond donors (Lipinski definition) is 2. The summed E-state index contributed by atoms with van der Waals surface area (Å²) in [5.74, 6) is -1.12. The van der Waals surface area contributed by atoms with Crippen LogP contribution in [0.25, 0.3) is 38.9 Å². The van der Waals surface area contributed by atoms with Crippen LogP contribution in [0.15, 0.2) is 95.1 Å². The van der Waals surface area contributed by atoms with Crippen LogP contribution in [0.3, 0.4) is 0 Å². The number of alkyl carbamates (subject to hydrolysis) is 1. The quantitative estimate of drug-likeness (QED) is 0.0440. The van der Waals surface area contributed by atoms with E-state index < -0.39 is 71.6 Å². The van der Waals surface area contributed by atoms with E-state index >= 15 is 0 Å². The zero-order chi connectivity index (χ0) is 64.9. The second-order valence-corrected chi connectivity index (χ2v) is 28.8. The molecule has 3 unspecified atom stereocenters. The third-order valence-electron chi connectivity index (χ3n) is 18.4. The molecule has 3 aromatic carbocycles. The van der Waals surface area contributed by atoms with Crippen LogP contribution >= 0.6 is 27.3 Å². The number of esters is 1. The number of methoxy groups -OCH3 is 1. The number of aromatic nitrogens is 3. The molecule has 91 heavy (non-hydrogen) atoms. The van der Waals surface area contributed by atoms with Gasteiger partial charge in [-0.2, -0.15) is 0 Å². The molecule has 3 saturated heterocycles. The minimum atomic E-state index is -1.26. The average Bonchev–Trinajstić information content (AvgIpc) is 1.62. The van der Waals surface area contributed by atoms with E-state index in [4.69, 9.17) is 42.7 Å². The lowest BCUT2D eigenvalue weighted by Gasteiger charge is -2.44. The number of morpholine rings is 1. The number of thiazole rings is 1. The van der Waals surface area contributed by atoms with Gasteiger partial charge in [-0.15, -0.1) is 11.3 Å². The molecule has 0 spiro atoms. The number of carbonyl (C=O) groups excluding carboxylic acids is 4. The largest absolute Gasteiger partial charge is 0.494 e. The first-order chi connectivity index (χ1) is 43.3. The first-order valence-corrected chi connectivity index (χ1v) is 33.4. The van der Waals surface area contributed by atoms with Crippen molar-refractivity contribution >= 4 is 80.4 Å². The van der Waals surface area contributed by atoms with Crippen molar-refractivity contribution in [2.75, 3.05) is 46.7 Å². The first-order valence-electron chi connectivity index (χ1n) is 31.7. The van der Waals surface area contributed by atoms with Gasteiger partial charge in [0.25, 0.3) is 5.91 Å². The Balaban J connectivity index is 0.889. The summed E-state index contributed by atoms with van der Waals surface area (Å²) < 4.78 is 52.8. The standard InChI is InChI=1S/C69H85BBrN7O12S/c1-14-76-55-27-26-43(70-89-68(9,10)69(11,12)90-70)32-50(55)52(33-67(7,8)39-87-63(80)54-25-20-28-77(75-54)62(79)58(74-64(81)88-66(4,5)6)60(85-15-2)61-73-56(71)38-91-61)59(76)51-31-42(34-72-57(51)40(3)83-13)41-29-44-35-84-36-45(30-41)78(44)65(82)86-37-53-48-23-18-16-21-46(48)47-22-17-19-24-49(47)53/h16-19,21-24,26-27,29,31-32,34,38,40,44-45,53-54,58,60,75H,14-15,20,25,28,30,33,35-37,39H2,1-13H3,(H,74,81)/t40-,44?,45?,54?,58-,60-/m0/s1. The molecule has 2 N–H and O–H groups in total. The minimum absolute atomic E-state index is 0.0266. The molecular formula is C69H85BBrN7O12S. The SMILES string of the molecule is CCO[C@H](c1nc(Br)cs1)[C@H](NC(=O)OC(C)(C)C)C(=O)N1CCCC(C(=O)OCC(C)(C)Cc2c(-c3cc(C4=CC5COCC(C4)N5C(=O)OCC4c5ccccc5-c5ccccc54)cnc3[C@H](C)OC)n(CC)c3ccc(B4OC(C)(C)C(C)(C)O4)cc23)N1. The summed E-state index contributed by atoms with van der Waals surface area (Å²) in [5.41, 5.74) is 12.6. The Hall–Kier alpha value is -6.50. The molecule has 3 aromatic heterocycles. The predicted molar refractivity (Wildman–Crippen MR) is 354 cm³/mol. The molecule has 0 radical (unpaired) electrons. The Morgan fingerprint density at radius 3 is 2.26 bits per heavy atom. The number of carbonyl (C=O) groups is 4.